The van der Waals surface area contributed by atoms with Crippen molar-refractivity contribution in [3.8, 4) is 27.9 Å². The second kappa shape index (κ2) is 12.2. The van der Waals surface area contributed by atoms with Gasteiger partial charge in [0.2, 0.25) is 0 Å². The van der Waals surface area contributed by atoms with Gasteiger partial charge in [-0.05, 0) is 89.0 Å². The van der Waals surface area contributed by atoms with E-state index in [9.17, 15) is 0 Å². The van der Waals surface area contributed by atoms with E-state index < -0.39 is 0 Å². The van der Waals surface area contributed by atoms with Gasteiger partial charge in [0.15, 0.2) is 0 Å². The Morgan fingerprint density at radius 2 is 0.882 bits per heavy atom. The van der Waals surface area contributed by atoms with Gasteiger partial charge in [0.1, 0.15) is 0 Å². The molecule has 0 radical (unpaired) electrons. The highest BCUT2D eigenvalue weighted by Gasteiger charge is 2.20. The van der Waals surface area contributed by atoms with Gasteiger partial charge in [-0.15, -0.1) is 11.3 Å². The summed E-state index contributed by atoms with van der Waals surface area (Å²) in [4.78, 5) is 2.44. The summed E-state index contributed by atoms with van der Waals surface area (Å²) >= 11 is 1.86. The van der Waals surface area contributed by atoms with Crippen LogP contribution in [0.15, 0.2) is 194 Å². The molecule has 0 atom stereocenters. The highest BCUT2D eigenvalue weighted by Crippen LogP contribution is 2.46. The molecule has 10 rings (SSSR count). The minimum atomic E-state index is 1.11. The summed E-state index contributed by atoms with van der Waals surface area (Å²) in [5.41, 5.74) is 11.7. The Labute approximate surface area is 300 Å². The first-order valence-electron chi connectivity index (χ1n) is 17.4. The van der Waals surface area contributed by atoms with Gasteiger partial charge in [-0.2, -0.15) is 0 Å². The minimum absolute atomic E-state index is 1.11. The molecule has 2 heterocycles. The van der Waals surface area contributed by atoms with Crippen molar-refractivity contribution < 1.29 is 0 Å². The SMILES string of the molecule is c1ccc(-c2cccc(N(c3cccc(-c4cccc(-n5c6ccccc6c6ccccc65)c4)c3)c3cccc4sc5ccccc5c34)c2)cc1. The summed E-state index contributed by atoms with van der Waals surface area (Å²) in [7, 11) is 0. The van der Waals surface area contributed by atoms with E-state index >= 15 is 0 Å². The van der Waals surface area contributed by atoms with E-state index in [0.717, 1.165) is 17.1 Å². The number of rotatable bonds is 6. The van der Waals surface area contributed by atoms with Crippen molar-refractivity contribution in [1.29, 1.82) is 0 Å². The van der Waals surface area contributed by atoms with Crippen molar-refractivity contribution in [3.63, 3.8) is 0 Å². The number of hydrogen-bond acceptors (Lipinski definition) is 2. The number of hydrogen-bond donors (Lipinski definition) is 0. The van der Waals surface area contributed by atoms with Gasteiger partial charge in [-0.25, -0.2) is 0 Å². The van der Waals surface area contributed by atoms with Gasteiger partial charge in [0, 0.05) is 48.0 Å². The number of thiophene rings is 1. The number of benzene rings is 8. The summed E-state index contributed by atoms with van der Waals surface area (Å²) in [5.74, 6) is 0. The Kier molecular flexibility index (Phi) is 7.04. The number of para-hydroxylation sites is 2. The molecule has 3 heteroatoms. The quantitative estimate of drug-likeness (QED) is 0.171. The molecule has 0 aliphatic heterocycles. The summed E-state index contributed by atoms with van der Waals surface area (Å²) in [6, 6.07) is 70.4. The Bertz CT molecular complexity index is 2830. The second-order valence-corrected chi connectivity index (χ2v) is 14.1. The molecule has 0 N–H and O–H groups in total. The molecule has 51 heavy (non-hydrogen) atoms. The molecule has 10 aromatic rings. The van der Waals surface area contributed by atoms with Crippen molar-refractivity contribution in [1.82, 2.24) is 4.57 Å². The summed E-state index contributed by atoms with van der Waals surface area (Å²) in [6.07, 6.45) is 0. The first-order chi connectivity index (χ1) is 25.3. The zero-order valence-corrected chi connectivity index (χ0v) is 28.6. The largest absolute Gasteiger partial charge is 0.310 e. The highest BCUT2D eigenvalue weighted by atomic mass is 32.1. The highest BCUT2D eigenvalue weighted by molar-refractivity contribution is 7.26. The number of aromatic nitrogens is 1. The number of anilines is 3. The van der Waals surface area contributed by atoms with Crippen LogP contribution in [-0.2, 0) is 0 Å². The van der Waals surface area contributed by atoms with Gasteiger partial charge in [-0.3, -0.25) is 0 Å². The molecule has 0 amide bonds. The molecule has 0 spiro atoms. The molecule has 240 valence electrons. The van der Waals surface area contributed by atoms with E-state index in [1.54, 1.807) is 0 Å². The van der Waals surface area contributed by atoms with E-state index in [1.807, 2.05) is 11.3 Å². The molecule has 0 saturated heterocycles. The van der Waals surface area contributed by atoms with Crippen molar-refractivity contribution in [2.75, 3.05) is 4.90 Å². The molecule has 0 fully saturated rings. The first-order valence-corrected chi connectivity index (χ1v) is 18.2. The summed E-state index contributed by atoms with van der Waals surface area (Å²) < 4.78 is 4.98. The van der Waals surface area contributed by atoms with Crippen LogP contribution >= 0.6 is 11.3 Å². The predicted molar refractivity (Wildman–Crippen MR) is 219 cm³/mol. The fourth-order valence-electron chi connectivity index (χ4n) is 7.67. The zero-order valence-electron chi connectivity index (χ0n) is 27.8. The Balaban J connectivity index is 1.16. The van der Waals surface area contributed by atoms with Crippen LogP contribution in [0.5, 0.6) is 0 Å². The fourth-order valence-corrected chi connectivity index (χ4v) is 8.80. The maximum atomic E-state index is 2.44. The van der Waals surface area contributed by atoms with Crippen LogP contribution < -0.4 is 4.90 Å². The lowest BCUT2D eigenvalue weighted by Crippen LogP contribution is -2.10. The lowest BCUT2D eigenvalue weighted by Gasteiger charge is -2.27. The number of nitrogens with zero attached hydrogens (tertiary/aromatic N) is 2. The molecule has 0 unspecified atom stereocenters. The van der Waals surface area contributed by atoms with Crippen LogP contribution in [0.1, 0.15) is 0 Å². The Morgan fingerprint density at radius 3 is 1.59 bits per heavy atom. The van der Waals surface area contributed by atoms with Crippen LogP contribution in [0.2, 0.25) is 0 Å². The summed E-state index contributed by atoms with van der Waals surface area (Å²) in [5, 5.41) is 5.10. The normalized spacial score (nSPS) is 11.5. The van der Waals surface area contributed by atoms with E-state index in [2.05, 4.69) is 204 Å². The van der Waals surface area contributed by atoms with E-state index in [4.69, 9.17) is 0 Å². The maximum absolute atomic E-state index is 2.44. The molecule has 0 saturated carbocycles. The molecule has 0 aliphatic carbocycles. The zero-order chi connectivity index (χ0) is 33.7. The lowest BCUT2D eigenvalue weighted by molar-refractivity contribution is 1.18. The minimum Gasteiger partial charge on any atom is -0.310 e. The van der Waals surface area contributed by atoms with Crippen molar-refractivity contribution in [3.05, 3.63) is 194 Å². The Morgan fingerprint density at radius 1 is 0.373 bits per heavy atom. The second-order valence-electron chi connectivity index (χ2n) is 13.0. The van der Waals surface area contributed by atoms with Gasteiger partial charge < -0.3 is 9.47 Å². The molecule has 2 nitrogen and oxygen atoms in total. The number of fused-ring (bicyclic) bond motifs is 6. The maximum Gasteiger partial charge on any atom is 0.0554 e. The van der Waals surface area contributed by atoms with Crippen LogP contribution in [-0.4, -0.2) is 4.57 Å². The van der Waals surface area contributed by atoms with Crippen LogP contribution in [0.25, 0.3) is 69.9 Å². The third-order valence-corrected chi connectivity index (χ3v) is 11.1. The van der Waals surface area contributed by atoms with E-state index in [1.165, 1.54) is 69.9 Å². The van der Waals surface area contributed by atoms with Crippen LogP contribution in [0.4, 0.5) is 17.1 Å². The van der Waals surface area contributed by atoms with Crippen LogP contribution in [0, 0.1) is 0 Å². The molecular formula is C48H32N2S. The average Bonchev–Trinajstić information content (AvgIpc) is 3.75. The van der Waals surface area contributed by atoms with Crippen molar-refractivity contribution >= 4 is 70.4 Å². The van der Waals surface area contributed by atoms with Crippen LogP contribution in [0.3, 0.4) is 0 Å². The molecular weight excluding hydrogens is 637 g/mol. The van der Waals surface area contributed by atoms with Crippen molar-refractivity contribution in [2.24, 2.45) is 0 Å². The van der Waals surface area contributed by atoms with E-state index in [-0.39, 0.29) is 0 Å². The predicted octanol–water partition coefficient (Wildman–Crippen LogP) is 14.0. The first kappa shape index (κ1) is 29.5. The van der Waals surface area contributed by atoms with Gasteiger partial charge in [-0.1, -0.05) is 127 Å². The molecule has 0 bridgehead atoms. The van der Waals surface area contributed by atoms with Crippen molar-refractivity contribution in [2.45, 2.75) is 0 Å². The van der Waals surface area contributed by atoms with Gasteiger partial charge in [0.05, 0.1) is 16.7 Å². The molecule has 8 aromatic carbocycles. The Hall–Kier alpha value is -6.42. The third-order valence-electron chi connectivity index (χ3n) is 9.96. The fraction of sp³-hybridized carbons (Fsp3) is 0. The average molecular weight is 669 g/mol. The smallest absolute Gasteiger partial charge is 0.0554 e. The lowest BCUT2D eigenvalue weighted by atomic mass is 10.0. The molecule has 0 aliphatic rings. The summed E-state index contributed by atoms with van der Waals surface area (Å²) in [6.45, 7) is 0. The van der Waals surface area contributed by atoms with Gasteiger partial charge in [0.25, 0.3) is 0 Å². The van der Waals surface area contributed by atoms with E-state index in [0.29, 0.717) is 0 Å². The third kappa shape index (κ3) is 5.01. The topological polar surface area (TPSA) is 8.17 Å². The monoisotopic (exact) mass is 668 g/mol. The molecule has 2 aromatic heterocycles. The van der Waals surface area contributed by atoms with Gasteiger partial charge >= 0.3 is 0 Å². The standard InChI is InChI=1S/C48H32N2S/c1-2-14-33(15-3-1)34-16-10-19-37(30-34)49(45-27-13-29-47-48(45)42-24-6-9-28-46(42)51-47)38-20-11-17-35(31-38)36-18-12-21-39(32-36)50-43-25-7-4-22-40(43)41-23-5-8-26-44(41)50/h1-32H.